The highest BCUT2D eigenvalue weighted by Crippen LogP contribution is 1.96. The van der Waals surface area contributed by atoms with Crippen molar-refractivity contribution in [3.63, 3.8) is 0 Å². The Balaban J connectivity index is 3.99. The second-order valence-electron chi connectivity index (χ2n) is 2.97. The van der Waals surface area contributed by atoms with Crippen LogP contribution in [0.5, 0.6) is 0 Å². The third-order valence-electron chi connectivity index (χ3n) is 1.60. The Hall–Kier alpha value is -1.79. The minimum absolute atomic E-state index is 0.315. The lowest BCUT2D eigenvalue weighted by atomic mass is 10.2. The van der Waals surface area contributed by atoms with Gasteiger partial charge in [-0.15, -0.1) is 0 Å². The summed E-state index contributed by atoms with van der Waals surface area (Å²) < 4.78 is 0. The summed E-state index contributed by atoms with van der Waals surface area (Å²) in [7, 11) is 0. The summed E-state index contributed by atoms with van der Waals surface area (Å²) >= 11 is 0. The van der Waals surface area contributed by atoms with E-state index in [0.29, 0.717) is 12.8 Å². The maximum absolute atomic E-state index is 11.0. The molecule has 3 amide bonds. The van der Waals surface area contributed by atoms with Crippen molar-refractivity contribution in [2.45, 2.75) is 25.8 Å². The SMILES string of the molecule is CCC[C@@H](NC(=O)NCC(N)=O)C(=O)O. The lowest BCUT2D eigenvalue weighted by molar-refractivity contribution is -0.139. The molecule has 0 saturated heterocycles. The number of primary amides is 1. The molecule has 0 unspecified atom stereocenters. The molecule has 0 aliphatic rings. The van der Waals surface area contributed by atoms with E-state index in [-0.39, 0.29) is 6.54 Å². The van der Waals surface area contributed by atoms with Crippen LogP contribution in [0.25, 0.3) is 0 Å². The molecule has 0 spiro atoms. The Morgan fingerprint density at radius 2 is 2.00 bits per heavy atom. The third kappa shape index (κ3) is 6.30. The fraction of sp³-hybridized carbons (Fsp3) is 0.625. The van der Waals surface area contributed by atoms with Gasteiger partial charge in [0.15, 0.2) is 0 Å². The van der Waals surface area contributed by atoms with Gasteiger partial charge in [0, 0.05) is 0 Å². The van der Waals surface area contributed by atoms with E-state index >= 15 is 0 Å². The zero-order valence-electron chi connectivity index (χ0n) is 8.45. The number of urea groups is 1. The molecular weight excluding hydrogens is 202 g/mol. The number of carboxylic acids is 1. The minimum Gasteiger partial charge on any atom is -0.480 e. The average molecular weight is 217 g/mol. The summed E-state index contributed by atoms with van der Waals surface area (Å²) in [4.78, 5) is 32.0. The van der Waals surface area contributed by atoms with E-state index in [9.17, 15) is 14.4 Å². The molecule has 15 heavy (non-hydrogen) atoms. The monoisotopic (exact) mass is 217 g/mol. The Labute approximate surface area is 87.0 Å². The topological polar surface area (TPSA) is 122 Å². The standard InChI is InChI=1S/C8H15N3O4/c1-2-3-5(7(13)14)11-8(15)10-4-6(9)12/h5H,2-4H2,1H3,(H2,9,12)(H,13,14)(H2,10,11,15)/t5-/m1/s1. The van der Waals surface area contributed by atoms with Crippen LogP contribution in [0.4, 0.5) is 4.79 Å². The number of carboxylic acid groups (broad SMARTS) is 1. The van der Waals surface area contributed by atoms with Gasteiger partial charge >= 0.3 is 12.0 Å². The van der Waals surface area contributed by atoms with Crippen LogP contribution in [0.3, 0.4) is 0 Å². The lowest BCUT2D eigenvalue weighted by Gasteiger charge is -2.13. The molecular formula is C8H15N3O4. The number of hydrogen-bond acceptors (Lipinski definition) is 3. The first-order valence-corrected chi connectivity index (χ1v) is 4.52. The van der Waals surface area contributed by atoms with Gasteiger partial charge in [-0.3, -0.25) is 4.79 Å². The molecule has 0 saturated carbocycles. The third-order valence-corrected chi connectivity index (χ3v) is 1.60. The summed E-state index contributed by atoms with van der Waals surface area (Å²) in [6, 6.07) is -1.66. The second kappa shape index (κ2) is 6.63. The van der Waals surface area contributed by atoms with Crippen molar-refractivity contribution >= 4 is 17.9 Å². The number of rotatable bonds is 6. The highest BCUT2D eigenvalue weighted by Gasteiger charge is 2.18. The Morgan fingerprint density at radius 3 is 2.40 bits per heavy atom. The number of hydrogen-bond donors (Lipinski definition) is 4. The summed E-state index contributed by atoms with van der Waals surface area (Å²) in [5, 5.41) is 13.0. The predicted octanol–water partition coefficient (Wildman–Crippen LogP) is -0.976. The first-order valence-electron chi connectivity index (χ1n) is 4.52. The molecule has 0 aliphatic carbocycles. The number of amides is 3. The molecule has 1 atom stereocenters. The van der Waals surface area contributed by atoms with Crippen LogP contribution in [-0.4, -0.2) is 35.6 Å². The maximum Gasteiger partial charge on any atom is 0.326 e. The van der Waals surface area contributed by atoms with Gasteiger partial charge in [0.2, 0.25) is 5.91 Å². The zero-order valence-corrected chi connectivity index (χ0v) is 8.45. The molecule has 86 valence electrons. The van der Waals surface area contributed by atoms with E-state index in [1.165, 1.54) is 0 Å². The van der Waals surface area contributed by atoms with Gasteiger partial charge in [-0.2, -0.15) is 0 Å². The number of nitrogens with two attached hydrogens (primary N) is 1. The maximum atomic E-state index is 11.0. The van der Waals surface area contributed by atoms with E-state index in [4.69, 9.17) is 10.8 Å². The molecule has 0 bridgehead atoms. The first-order chi connectivity index (χ1) is 6.97. The molecule has 0 aliphatic heterocycles. The van der Waals surface area contributed by atoms with Gasteiger partial charge in [-0.05, 0) is 6.42 Å². The normalized spacial score (nSPS) is 11.5. The number of aliphatic carboxylic acids is 1. The molecule has 0 aromatic heterocycles. The smallest absolute Gasteiger partial charge is 0.326 e. The molecule has 0 radical (unpaired) electrons. The van der Waals surface area contributed by atoms with Crippen LogP contribution >= 0.6 is 0 Å². The quantitative estimate of drug-likeness (QED) is 0.457. The van der Waals surface area contributed by atoms with E-state index < -0.39 is 23.9 Å². The van der Waals surface area contributed by atoms with Crippen molar-refractivity contribution in [2.24, 2.45) is 5.73 Å². The highest BCUT2D eigenvalue weighted by atomic mass is 16.4. The van der Waals surface area contributed by atoms with Gasteiger partial charge in [-0.1, -0.05) is 13.3 Å². The largest absolute Gasteiger partial charge is 0.480 e. The second-order valence-corrected chi connectivity index (χ2v) is 2.97. The van der Waals surface area contributed by atoms with Gasteiger partial charge in [0.1, 0.15) is 6.04 Å². The molecule has 0 aromatic carbocycles. The van der Waals surface area contributed by atoms with E-state index in [1.54, 1.807) is 6.92 Å². The van der Waals surface area contributed by atoms with E-state index in [1.807, 2.05) is 0 Å². The zero-order chi connectivity index (χ0) is 11.8. The highest BCUT2D eigenvalue weighted by molar-refractivity contribution is 5.85. The first kappa shape index (κ1) is 13.2. The van der Waals surface area contributed by atoms with Gasteiger partial charge in [-0.25, -0.2) is 9.59 Å². The molecule has 0 heterocycles. The molecule has 0 aromatic rings. The summed E-state index contributed by atoms with van der Waals surface area (Å²) in [6.07, 6.45) is 0.965. The fourth-order valence-electron chi connectivity index (χ4n) is 0.923. The predicted molar refractivity (Wildman–Crippen MR) is 52.1 cm³/mol. The van der Waals surface area contributed by atoms with Crippen molar-refractivity contribution in [1.82, 2.24) is 10.6 Å². The van der Waals surface area contributed by atoms with Crippen molar-refractivity contribution in [2.75, 3.05) is 6.54 Å². The van der Waals surface area contributed by atoms with Crippen LogP contribution in [0, 0.1) is 0 Å². The summed E-state index contributed by atoms with van der Waals surface area (Å²) in [5.74, 6) is -1.79. The Kier molecular flexibility index (Phi) is 5.84. The molecule has 0 fully saturated rings. The van der Waals surface area contributed by atoms with Crippen molar-refractivity contribution in [1.29, 1.82) is 0 Å². The van der Waals surface area contributed by atoms with Gasteiger partial charge in [0.05, 0.1) is 6.54 Å². The van der Waals surface area contributed by atoms with E-state index in [0.717, 1.165) is 0 Å². The number of nitrogens with one attached hydrogen (secondary N) is 2. The van der Waals surface area contributed by atoms with Crippen LogP contribution in [-0.2, 0) is 9.59 Å². The lowest BCUT2D eigenvalue weighted by Crippen LogP contribution is -2.47. The van der Waals surface area contributed by atoms with Crippen molar-refractivity contribution < 1.29 is 19.5 Å². The summed E-state index contributed by atoms with van der Waals surface area (Å²) in [5.41, 5.74) is 4.79. The number of carbonyl (C=O) groups is 3. The molecule has 7 nitrogen and oxygen atoms in total. The van der Waals surface area contributed by atoms with Gasteiger partial charge < -0.3 is 21.5 Å². The Bertz CT molecular complexity index is 254. The number of carbonyl (C=O) groups excluding carboxylic acids is 2. The fourth-order valence-corrected chi connectivity index (χ4v) is 0.923. The van der Waals surface area contributed by atoms with Crippen LogP contribution in [0.15, 0.2) is 0 Å². The van der Waals surface area contributed by atoms with Crippen molar-refractivity contribution in [3.8, 4) is 0 Å². The van der Waals surface area contributed by atoms with Crippen molar-refractivity contribution in [3.05, 3.63) is 0 Å². The van der Waals surface area contributed by atoms with Crippen LogP contribution in [0.2, 0.25) is 0 Å². The average Bonchev–Trinajstić information content (AvgIpc) is 2.14. The van der Waals surface area contributed by atoms with E-state index in [2.05, 4.69) is 10.6 Å². The molecule has 0 rings (SSSR count). The molecule has 7 heteroatoms. The molecule has 5 N–H and O–H groups in total. The minimum atomic E-state index is -1.11. The van der Waals surface area contributed by atoms with Crippen LogP contribution in [0.1, 0.15) is 19.8 Å². The summed E-state index contributed by atoms with van der Waals surface area (Å²) in [6.45, 7) is 1.49. The Morgan fingerprint density at radius 1 is 1.40 bits per heavy atom. The van der Waals surface area contributed by atoms with Gasteiger partial charge in [0.25, 0.3) is 0 Å². The van der Waals surface area contributed by atoms with Crippen LogP contribution < -0.4 is 16.4 Å².